The van der Waals surface area contributed by atoms with Crippen molar-refractivity contribution >= 4 is 8.32 Å². The zero-order chi connectivity index (χ0) is 11.6. The van der Waals surface area contributed by atoms with Gasteiger partial charge in [0.2, 0.25) is 0 Å². The summed E-state index contributed by atoms with van der Waals surface area (Å²) < 4.78 is 5.94. The number of hydrogen-bond acceptors (Lipinski definition) is 1. The molecule has 0 heterocycles. The maximum absolute atomic E-state index is 5.94. The molecule has 0 aromatic heterocycles. The second-order valence-corrected chi connectivity index (χ2v) is 9.09. The Bertz CT molecular complexity index is 155. The van der Waals surface area contributed by atoms with Crippen LogP contribution in [0.3, 0.4) is 0 Å². The van der Waals surface area contributed by atoms with Gasteiger partial charge in [0, 0.05) is 6.61 Å². The highest BCUT2D eigenvalue weighted by Crippen LogP contribution is 2.13. The lowest BCUT2D eigenvalue weighted by atomic mass is 10.1. The third-order valence-corrected chi connectivity index (χ3v) is 4.88. The maximum atomic E-state index is 5.94. The summed E-state index contributed by atoms with van der Waals surface area (Å²) in [5, 5.41) is 0. The smallest absolute Gasteiger partial charge is 0.190 e. The van der Waals surface area contributed by atoms with Crippen molar-refractivity contribution in [3.63, 3.8) is 0 Å². The van der Waals surface area contributed by atoms with Crippen molar-refractivity contribution in [1.82, 2.24) is 0 Å². The highest BCUT2D eigenvalue weighted by molar-refractivity contribution is 6.71. The Labute approximate surface area is 97.0 Å². The Hall–Kier alpha value is -0.0831. The van der Waals surface area contributed by atoms with Gasteiger partial charge in [-0.15, -0.1) is 6.58 Å². The van der Waals surface area contributed by atoms with Crippen LogP contribution in [0, 0.1) is 0 Å². The zero-order valence-electron chi connectivity index (χ0n) is 10.8. The molecule has 90 valence electrons. The van der Waals surface area contributed by atoms with Crippen LogP contribution < -0.4 is 0 Å². The minimum absolute atomic E-state index is 0.958. The van der Waals surface area contributed by atoms with E-state index in [2.05, 4.69) is 26.6 Å². The lowest BCUT2D eigenvalue weighted by Gasteiger charge is -2.20. The van der Waals surface area contributed by atoms with E-state index in [0.717, 1.165) is 12.7 Å². The summed E-state index contributed by atoms with van der Waals surface area (Å²) in [5.41, 5.74) is 0. The molecule has 0 rings (SSSR count). The lowest BCUT2D eigenvalue weighted by Crippen LogP contribution is -2.29. The lowest BCUT2D eigenvalue weighted by molar-refractivity contribution is 0.296. The summed E-state index contributed by atoms with van der Waals surface area (Å²) in [7, 11) is -1.40. The van der Waals surface area contributed by atoms with Crippen LogP contribution in [-0.2, 0) is 4.43 Å². The van der Waals surface area contributed by atoms with Gasteiger partial charge in [-0.3, -0.25) is 0 Å². The van der Waals surface area contributed by atoms with E-state index in [-0.39, 0.29) is 0 Å². The van der Waals surface area contributed by atoms with Crippen LogP contribution >= 0.6 is 0 Å². The Morgan fingerprint density at radius 1 is 1.07 bits per heavy atom. The number of rotatable bonds is 10. The van der Waals surface area contributed by atoms with E-state index in [1.54, 1.807) is 0 Å². The minimum Gasteiger partial charge on any atom is -0.417 e. The van der Waals surface area contributed by atoms with Gasteiger partial charge >= 0.3 is 0 Å². The molecule has 0 saturated heterocycles. The standard InChI is InChI=1S/C13H28OSi/c1-5-7-8-9-10-11-12-14-15(3,4)13-6-2/h6H,2,5,7-13H2,1,3-4H3. The highest BCUT2D eigenvalue weighted by atomic mass is 28.4. The predicted molar refractivity (Wildman–Crippen MR) is 71.8 cm³/mol. The first-order valence-corrected chi connectivity index (χ1v) is 9.49. The second-order valence-electron chi connectivity index (χ2n) is 4.87. The Morgan fingerprint density at radius 3 is 2.27 bits per heavy atom. The molecule has 0 N–H and O–H groups in total. The van der Waals surface area contributed by atoms with Crippen LogP contribution in [-0.4, -0.2) is 14.9 Å². The van der Waals surface area contributed by atoms with Crippen LogP contribution in [0.2, 0.25) is 19.1 Å². The van der Waals surface area contributed by atoms with E-state index < -0.39 is 8.32 Å². The van der Waals surface area contributed by atoms with Gasteiger partial charge in [-0.1, -0.05) is 45.1 Å². The van der Waals surface area contributed by atoms with Gasteiger partial charge < -0.3 is 4.43 Å². The Kier molecular flexibility index (Phi) is 9.11. The van der Waals surface area contributed by atoms with E-state index in [1.807, 2.05) is 6.08 Å². The molecule has 0 aromatic carbocycles. The third kappa shape index (κ3) is 10.2. The van der Waals surface area contributed by atoms with E-state index in [9.17, 15) is 0 Å². The van der Waals surface area contributed by atoms with Crippen molar-refractivity contribution in [2.24, 2.45) is 0 Å². The number of allylic oxidation sites excluding steroid dienone is 1. The molecule has 0 spiro atoms. The largest absolute Gasteiger partial charge is 0.417 e. The van der Waals surface area contributed by atoms with E-state index in [4.69, 9.17) is 4.43 Å². The molecule has 0 saturated carbocycles. The van der Waals surface area contributed by atoms with Crippen molar-refractivity contribution in [3.8, 4) is 0 Å². The molecule has 0 aliphatic rings. The van der Waals surface area contributed by atoms with Gasteiger partial charge in [0.25, 0.3) is 0 Å². The van der Waals surface area contributed by atoms with Gasteiger partial charge in [-0.2, -0.15) is 0 Å². The summed E-state index contributed by atoms with van der Waals surface area (Å²) in [5.74, 6) is 0. The van der Waals surface area contributed by atoms with Crippen molar-refractivity contribution in [1.29, 1.82) is 0 Å². The summed E-state index contributed by atoms with van der Waals surface area (Å²) in [6.45, 7) is 11.5. The first-order valence-electron chi connectivity index (χ1n) is 6.37. The minimum atomic E-state index is -1.40. The van der Waals surface area contributed by atoms with Gasteiger partial charge in [0.15, 0.2) is 8.32 Å². The van der Waals surface area contributed by atoms with Crippen LogP contribution in [0.15, 0.2) is 12.7 Å². The van der Waals surface area contributed by atoms with Gasteiger partial charge in [0.1, 0.15) is 0 Å². The summed E-state index contributed by atoms with van der Waals surface area (Å²) >= 11 is 0. The first-order chi connectivity index (χ1) is 7.12. The van der Waals surface area contributed by atoms with Crippen LogP contribution in [0.25, 0.3) is 0 Å². The fourth-order valence-electron chi connectivity index (χ4n) is 1.64. The predicted octanol–water partition coefficient (Wildman–Crippen LogP) is 4.75. The molecule has 15 heavy (non-hydrogen) atoms. The second kappa shape index (κ2) is 9.17. The van der Waals surface area contributed by atoms with E-state index >= 15 is 0 Å². The molecule has 0 fully saturated rings. The monoisotopic (exact) mass is 228 g/mol. The first kappa shape index (κ1) is 14.9. The molecule has 0 aromatic rings. The summed E-state index contributed by atoms with van der Waals surface area (Å²) in [6.07, 6.45) is 10.0. The normalized spacial score (nSPS) is 11.7. The van der Waals surface area contributed by atoms with E-state index in [0.29, 0.717) is 0 Å². The molecule has 0 aliphatic carbocycles. The highest BCUT2D eigenvalue weighted by Gasteiger charge is 2.19. The van der Waals surface area contributed by atoms with Crippen molar-refractivity contribution < 1.29 is 4.43 Å². The molecular weight excluding hydrogens is 200 g/mol. The quantitative estimate of drug-likeness (QED) is 0.298. The fourth-order valence-corrected chi connectivity index (χ4v) is 3.15. The van der Waals surface area contributed by atoms with Gasteiger partial charge in [-0.05, 0) is 25.6 Å². The van der Waals surface area contributed by atoms with E-state index in [1.165, 1.54) is 38.5 Å². The fraction of sp³-hybridized carbons (Fsp3) is 0.846. The van der Waals surface area contributed by atoms with Crippen LogP contribution in [0.5, 0.6) is 0 Å². The average Bonchev–Trinajstić information content (AvgIpc) is 2.16. The molecule has 0 atom stereocenters. The third-order valence-electron chi connectivity index (χ3n) is 2.63. The van der Waals surface area contributed by atoms with Crippen molar-refractivity contribution in [2.45, 2.75) is 64.6 Å². The molecule has 0 radical (unpaired) electrons. The summed E-state index contributed by atoms with van der Waals surface area (Å²) in [6, 6.07) is 1.07. The summed E-state index contributed by atoms with van der Waals surface area (Å²) in [4.78, 5) is 0. The Balaban J connectivity index is 3.26. The molecule has 0 amide bonds. The maximum Gasteiger partial charge on any atom is 0.190 e. The number of unbranched alkanes of at least 4 members (excludes halogenated alkanes) is 5. The Morgan fingerprint density at radius 2 is 1.67 bits per heavy atom. The topological polar surface area (TPSA) is 9.23 Å². The number of hydrogen-bond donors (Lipinski definition) is 0. The van der Waals surface area contributed by atoms with Crippen molar-refractivity contribution in [2.75, 3.05) is 6.61 Å². The average molecular weight is 228 g/mol. The van der Waals surface area contributed by atoms with Gasteiger partial charge in [0.05, 0.1) is 0 Å². The van der Waals surface area contributed by atoms with Gasteiger partial charge in [-0.25, -0.2) is 0 Å². The van der Waals surface area contributed by atoms with Crippen molar-refractivity contribution in [3.05, 3.63) is 12.7 Å². The molecule has 0 bridgehead atoms. The van der Waals surface area contributed by atoms with Crippen LogP contribution in [0.1, 0.15) is 45.4 Å². The zero-order valence-corrected chi connectivity index (χ0v) is 11.8. The molecule has 1 nitrogen and oxygen atoms in total. The molecule has 2 heteroatoms. The SMILES string of the molecule is C=CC[Si](C)(C)OCCCCCCCC. The molecule has 0 unspecified atom stereocenters. The molecule has 0 aliphatic heterocycles. The molecular formula is C13H28OSi. The van der Waals surface area contributed by atoms with Crippen LogP contribution in [0.4, 0.5) is 0 Å².